The summed E-state index contributed by atoms with van der Waals surface area (Å²) in [6.07, 6.45) is -4.07. The van der Waals surface area contributed by atoms with E-state index in [4.69, 9.17) is 5.73 Å². The molecule has 0 aliphatic carbocycles. The predicted molar refractivity (Wildman–Crippen MR) is 87.8 cm³/mol. The molecule has 0 saturated heterocycles. The number of halogens is 3. The molecule has 2 aromatic carbocycles. The highest BCUT2D eigenvalue weighted by molar-refractivity contribution is 5.76. The number of hydrogen-bond donors (Lipinski definition) is 2. The standard InChI is InChI=1S/C18H19F3N2O2/c19-18(20,21)25-15-9-6-13(7-10-15)8-11-17(24)23-12-16(22)14-4-2-1-3-5-14/h1-7,9-10,16H,8,11-12,22H2,(H,23,24). The molecule has 2 rings (SSSR count). The van der Waals surface area contributed by atoms with Crippen molar-refractivity contribution in [1.82, 2.24) is 5.32 Å². The van der Waals surface area contributed by atoms with E-state index in [1.165, 1.54) is 24.3 Å². The summed E-state index contributed by atoms with van der Waals surface area (Å²) in [5.74, 6) is -0.448. The summed E-state index contributed by atoms with van der Waals surface area (Å²) in [7, 11) is 0. The first-order chi connectivity index (χ1) is 11.8. The van der Waals surface area contributed by atoms with E-state index < -0.39 is 6.36 Å². The van der Waals surface area contributed by atoms with Gasteiger partial charge in [-0.2, -0.15) is 0 Å². The van der Waals surface area contributed by atoms with Gasteiger partial charge in [-0.1, -0.05) is 42.5 Å². The van der Waals surface area contributed by atoms with Gasteiger partial charge in [-0.15, -0.1) is 13.2 Å². The first-order valence-corrected chi connectivity index (χ1v) is 7.75. The zero-order valence-electron chi connectivity index (χ0n) is 13.4. The van der Waals surface area contributed by atoms with Crippen molar-refractivity contribution in [2.45, 2.75) is 25.2 Å². The van der Waals surface area contributed by atoms with Crippen LogP contribution in [0, 0.1) is 0 Å². The molecule has 0 radical (unpaired) electrons. The second-order valence-corrected chi connectivity index (χ2v) is 5.51. The van der Waals surface area contributed by atoms with Crippen molar-refractivity contribution in [2.75, 3.05) is 6.54 Å². The van der Waals surface area contributed by atoms with Crippen LogP contribution in [-0.4, -0.2) is 18.8 Å². The Labute approximate surface area is 143 Å². The maximum atomic E-state index is 12.1. The van der Waals surface area contributed by atoms with Crippen molar-refractivity contribution in [1.29, 1.82) is 0 Å². The van der Waals surface area contributed by atoms with Crippen LogP contribution in [0.15, 0.2) is 54.6 Å². The lowest BCUT2D eigenvalue weighted by molar-refractivity contribution is -0.274. The monoisotopic (exact) mass is 352 g/mol. The predicted octanol–water partition coefficient (Wildman–Crippen LogP) is 3.33. The van der Waals surface area contributed by atoms with Gasteiger partial charge in [0.1, 0.15) is 5.75 Å². The Bertz CT molecular complexity index is 673. The Kier molecular flexibility index (Phi) is 6.41. The lowest BCUT2D eigenvalue weighted by Gasteiger charge is -2.13. The lowest BCUT2D eigenvalue weighted by Crippen LogP contribution is -2.32. The van der Waals surface area contributed by atoms with Crippen LogP contribution in [0.5, 0.6) is 5.75 Å². The quantitative estimate of drug-likeness (QED) is 0.803. The molecule has 134 valence electrons. The number of amides is 1. The molecular weight excluding hydrogens is 333 g/mol. The van der Waals surface area contributed by atoms with Crippen molar-refractivity contribution < 1.29 is 22.7 Å². The number of benzene rings is 2. The van der Waals surface area contributed by atoms with Crippen molar-refractivity contribution in [3.05, 3.63) is 65.7 Å². The molecular formula is C18H19F3N2O2. The van der Waals surface area contributed by atoms with Gasteiger partial charge < -0.3 is 15.8 Å². The van der Waals surface area contributed by atoms with E-state index in [1.54, 1.807) is 0 Å². The molecule has 0 aromatic heterocycles. The van der Waals surface area contributed by atoms with E-state index in [-0.39, 0.29) is 24.1 Å². The summed E-state index contributed by atoms with van der Waals surface area (Å²) < 4.78 is 40.0. The molecule has 0 bridgehead atoms. The van der Waals surface area contributed by atoms with Gasteiger partial charge in [-0.25, -0.2) is 0 Å². The van der Waals surface area contributed by atoms with Gasteiger partial charge in [0.25, 0.3) is 0 Å². The van der Waals surface area contributed by atoms with Crippen LogP contribution in [0.4, 0.5) is 13.2 Å². The second-order valence-electron chi connectivity index (χ2n) is 5.51. The maximum Gasteiger partial charge on any atom is 0.573 e. The Morgan fingerprint density at radius 2 is 1.72 bits per heavy atom. The van der Waals surface area contributed by atoms with E-state index >= 15 is 0 Å². The Morgan fingerprint density at radius 1 is 1.08 bits per heavy atom. The SMILES string of the molecule is NC(CNC(=O)CCc1ccc(OC(F)(F)F)cc1)c1ccccc1. The minimum Gasteiger partial charge on any atom is -0.406 e. The second kappa shape index (κ2) is 8.53. The highest BCUT2D eigenvalue weighted by Crippen LogP contribution is 2.23. The number of carbonyl (C=O) groups is 1. The first-order valence-electron chi connectivity index (χ1n) is 7.75. The van der Waals surface area contributed by atoms with Crippen molar-refractivity contribution in [2.24, 2.45) is 5.73 Å². The summed E-state index contributed by atoms with van der Waals surface area (Å²) >= 11 is 0. The molecule has 0 fully saturated rings. The fourth-order valence-electron chi connectivity index (χ4n) is 2.25. The molecule has 0 aliphatic heterocycles. The molecule has 0 saturated carbocycles. The van der Waals surface area contributed by atoms with E-state index in [1.807, 2.05) is 30.3 Å². The van der Waals surface area contributed by atoms with Gasteiger partial charge in [0.15, 0.2) is 0 Å². The van der Waals surface area contributed by atoms with Crippen molar-refractivity contribution >= 4 is 5.91 Å². The molecule has 1 atom stereocenters. The molecule has 25 heavy (non-hydrogen) atoms. The Morgan fingerprint density at radius 3 is 2.32 bits per heavy atom. The Balaban J connectivity index is 1.74. The highest BCUT2D eigenvalue weighted by atomic mass is 19.4. The molecule has 0 aliphatic rings. The number of carbonyl (C=O) groups excluding carboxylic acids is 1. The average Bonchev–Trinajstić information content (AvgIpc) is 2.58. The topological polar surface area (TPSA) is 64.3 Å². The van der Waals surface area contributed by atoms with E-state index in [2.05, 4.69) is 10.1 Å². The summed E-state index contributed by atoms with van der Waals surface area (Å²) in [4.78, 5) is 11.9. The number of rotatable bonds is 7. The zero-order chi connectivity index (χ0) is 18.3. The van der Waals surface area contributed by atoms with Gasteiger partial charge in [0.2, 0.25) is 5.91 Å². The van der Waals surface area contributed by atoms with Crippen LogP contribution in [0.1, 0.15) is 23.6 Å². The third kappa shape index (κ3) is 6.84. The number of alkyl halides is 3. The normalized spacial score (nSPS) is 12.5. The largest absolute Gasteiger partial charge is 0.573 e. The average molecular weight is 352 g/mol. The smallest absolute Gasteiger partial charge is 0.406 e. The van der Waals surface area contributed by atoms with Crippen molar-refractivity contribution in [3.8, 4) is 5.75 Å². The van der Waals surface area contributed by atoms with Crippen LogP contribution in [0.3, 0.4) is 0 Å². The maximum absolute atomic E-state index is 12.1. The number of ether oxygens (including phenoxy) is 1. The van der Waals surface area contributed by atoms with Crippen molar-refractivity contribution in [3.63, 3.8) is 0 Å². The van der Waals surface area contributed by atoms with Crippen LogP contribution in [0.2, 0.25) is 0 Å². The first kappa shape index (κ1) is 18.8. The van der Waals surface area contributed by atoms with Gasteiger partial charge in [0, 0.05) is 19.0 Å². The molecule has 3 N–H and O–H groups in total. The summed E-state index contributed by atoms with van der Waals surface area (Å²) in [5.41, 5.74) is 7.68. The van der Waals surface area contributed by atoms with Crippen LogP contribution in [0.25, 0.3) is 0 Å². The number of nitrogens with one attached hydrogen (secondary N) is 1. The van der Waals surface area contributed by atoms with Gasteiger partial charge in [-0.05, 0) is 29.7 Å². The molecule has 7 heteroatoms. The van der Waals surface area contributed by atoms with E-state index in [9.17, 15) is 18.0 Å². The van der Waals surface area contributed by atoms with Crippen LogP contribution < -0.4 is 15.8 Å². The number of aryl methyl sites for hydroxylation is 1. The van der Waals surface area contributed by atoms with Crippen LogP contribution in [-0.2, 0) is 11.2 Å². The molecule has 1 amide bonds. The molecule has 4 nitrogen and oxygen atoms in total. The van der Waals surface area contributed by atoms with E-state index in [0.717, 1.165) is 11.1 Å². The van der Waals surface area contributed by atoms with Crippen LogP contribution >= 0.6 is 0 Å². The third-order valence-corrected chi connectivity index (χ3v) is 3.54. The minimum atomic E-state index is -4.71. The summed E-state index contributed by atoms with van der Waals surface area (Å²) in [5, 5.41) is 2.76. The third-order valence-electron chi connectivity index (χ3n) is 3.54. The molecule has 0 spiro atoms. The fraction of sp³-hybridized carbons (Fsp3) is 0.278. The fourth-order valence-corrected chi connectivity index (χ4v) is 2.25. The minimum absolute atomic E-state index is 0.165. The number of nitrogens with two attached hydrogens (primary N) is 1. The molecule has 0 heterocycles. The lowest BCUT2D eigenvalue weighted by atomic mass is 10.1. The Hall–Kier alpha value is -2.54. The summed E-state index contributed by atoms with van der Waals surface area (Å²) in [6.45, 7) is 0.321. The molecule has 1 unspecified atom stereocenters. The van der Waals surface area contributed by atoms with Gasteiger partial charge in [-0.3, -0.25) is 4.79 Å². The number of hydrogen-bond acceptors (Lipinski definition) is 3. The zero-order valence-corrected chi connectivity index (χ0v) is 13.4. The van der Waals surface area contributed by atoms with Gasteiger partial charge in [0.05, 0.1) is 0 Å². The highest BCUT2D eigenvalue weighted by Gasteiger charge is 2.30. The molecule has 2 aromatic rings. The van der Waals surface area contributed by atoms with E-state index in [0.29, 0.717) is 13.0 Å². The van der Waals surface area contributed by atoms with Gasteiger partial charge >= 0.3 is 6.36 Å². The summed E-state index contributed by atoms with van der Waals surface area (Å²) in [6, 6.07) is 14.6.